The number of rotatable bonds is 3. The summed E-state index contributed by atoms with van der Waals surface area (Å²) in [5.74, 6) is -1.54. The molecule has 4 N–H and O–H groups in total. The predicted octanol–water partition coefficient (Wildman–Crippen LogP) is -0.0199. The van der Waals surface area contributed by atoms with Crippen molar-refractivity contribution in [3.8, 4) is 11.5 Å². The fourth-order valence-corrected chi connectivity index (χ4v) is 2.99. The van der Waals surface area contributed by atoms with E-state index in [2.05, 4.69) is 5.32 Å². The Morgan fingerprint density at radius 1 is 1.42 bits per heavy atom. The second-order valence-electron chi connectivity index (χ2n) is 5.71. The first-order chi connectivity index (χ1) is 11.4. The van der Waals surface area contributed by atoms with Gasteiger partial charge in [0.2, 0.25) is 11.4 Å². The number of phenolic OH excluding ortho intramolecular Hbond substituents is 1. The molecule has 1 aliphatic heterocycles. The van der Waals surface area contributed by atoms with Crippen LogP contribution in [-0.2, 0) is 4.79 Å². The molecule has 1 heterocycles. The van der Waals surface area contributed by atoms with E-state index < -0.39 is 23.4 Å². The van der Waals surface area contributed by atoms with E-state index in [-0.39, 0.29) is 35.8 Å². The van der Waals surface area contributed by atoms with Crippen molar-refractivity contribution in [1.29, 1.82) is 0 Å². The number of ether oxygens (including phenoxy) is 1. The third-order valence-corrected chi connectivity index (χ3v) is 4.08. The Kier molecular flexibility index (Phi) is 3.90. The van der Waals surface area contributed by atoms with Gasteiger partial charge in [-0.3, -0.25) is 9.59 Å². The van der Waals surface area contributed by atoms with Crippen molar-refractivity contribution < 1.29 is 29.6 Å². The van der Waals surface area contributed by atoms with Crippen molar-refractivity contribution in [3.05, 3.63) is 47.1 Å². The SMILES string of the molecule is Cc1cc(O)c2c(c1)O[C@@]1(C(=O)NCCO)C(=CC=C[C@H]1O)C2=O. The molecule has 0 saturated carbocycles. The van der Waals surface area contributed by atoms with Gasteiger partial charge in [-0.05, 0) is 24.6 Å². The summed E-state index contributed by atoms with van der Waals surface area (Å²) < 4.78 is 5.78. The lowest BCUT2D eigenvalue weighted by atomic mass is 9.76. The largest absolute Gasteiger partial charge is 0.507 e. The topological polar surface area (TPSA) is 116 Å². The maximum atomic E-state index is 12.8. The molecular formula is C17H17NO6. The molecule has 7 nitrogen and oxygen atoms in total. The van der Waals surface area contributed by atoms with Crippen LogP contribution in [0.15, 0.2) is 35.9 Å². The highest BCUT2D eigenvalue weighted by molar-refractivity contribution is 6.19. The molecule has 0 spiro atoms. The van der Waals surface area contributed by atoms with E-state index in [0.717, 1.165) is 0 Å². The molecule has 0 bridgehead atoms. The third kappa shape index (κ3) is 2.21. The highest BCUT2D eigenvalue weighted by Crippen LogP contribution is 2.44. The monoisotopic (exact) mass is 331 g/mol. The number of benzene rings is 1. The normalized spacial score (nSPS) is 24.5. The van der Waals surface area contributed by atoms with Gasteiger partial charge in [-0.15, -0.1) is 0 Å². The molecule has 2 atom stereocenters. The molecule has 2 aliphatic rings. The molecule has 1 aromatic rings. The van der Waals surface area contributed by atoms with Crippen LogP contribution in [0, 0.1) is 6.92 Å². The Labute approximate surface area is 137 Å². The van der Waals surface area contributed by atoms with Gasteiger partial charge in [0.15, 0.2) is 0 Å². The number of ketones is 1. The van der Waals surface area contributed by atoms with Crippen molar-refractivity contribution in [2.24, 2.45) is 0 Å². The highest BCUT2D eigenvalue weighted by atomic mass is 16.5. The number of carbonyl (C=O) groups is 2. The molecule has 0 radical (unpaired) electrons. The van der Waals surface area contributed by atoms with Gasteiger partial charge in [0.1, 0.15) is 23.2 Å². The number of aryl methyl sites for hydroxylation is 1. The van der Waals surface area contributed by atoms with Crippen LogP contribution in [0.25, 0.3) is 0 Å². The van der Waals surface area contributed by atoms with Gasteiger partial charge in [0.05, 0.1) is 12.2 Å². The number of phenols is 1. The standard InChI is InChI=1S/C17H17NO6/c1-9-7-11(20)14-12(8-9)24-17(16(23)18-5-6-19)10(15(14)22)3-2-4-13(17)21/h2-4,7-8,13,19-21H,5-6H2,1H3,(H,18,23)/t13-,17+/m1/s1. The number of Topliss-reactive ketones (excluding diaryl/α,β-unsaturated/α-hetero) is 1. The Hall–Kier alpha value is -2.64. The zero-order valence-electron chi connectivity index (χ0n) is 12.9. The van der Waals surface area contributed by atoms with Crippen molar-refractivity contribution in [2.75, 3.05) is 13.2 Å². The molecule has 3 rings (SSSR count). The summed E-state index contributed by atoms with van der Waals surface area (Å²) in [6, 6.07) is 2.95. The number of aliphatic hydroxyl groups excluding tert-OH is 2. The Morgan fingerprint density at radius 2 is 2.17 bits per heavy atom. The van der Waals surface area contributed by atoms with Gasteiger partial charge < -0.3 is 25.4 Å². The number of carbonyl (C=O) groups excluding carboxylic acids is 2. The number of fused-ring (bicyclic) bond motifs is 2. The quantitative estimate of drug-likeness (QED) is 0.619. The first kappa shape index (κ1) is 16.2. The van der Waals surface area contributed by atoms with Crippen LogP contribution in [0.3, 0.4) is 0 Å². The average molecular weight is 331 g/mol. The molecule has 0 fully saturated rings. The van der Waals surface area contributed by atoms with E-state index in [1.807, 2.05) is 0 Å². The lowest BCUT2D eigenvalue weighted by Crippen LogP contribution is -2.63. The van der Waals surface area contributed by atoms with Crippen LogP contribution >= 0.6 is 0 Å². The second-order valence-corrected chi connectivity index (χ2v) is 5.71. The summed E-state index contributed by atoms with van der Waals surface area (Å²) in [6.45, 7) is 1.36. The predicted molar refractivity (Wildman–Crippen MR) is 83.9 cm³/mol. The Bertz CT molecular complexity index is 782. The van der Waals surface area contributed by atoms with Crippen LogP contribution in [0.5, 0.6) is 11.5 Å². The summed E-state index contributed by atoms with van der Waals surface area (Å²) in [4.78, 5) is 25.5. The maximum absolute atomic E-state index is 12.8. The molecule has 126 valence electrons. The fraction of sp³-hybridized carbons (Fsp3) is 0.294. The molecule has 1 amide bonds. The number of hydrogen-bond acceptors (Lipinski definition) is 6. The molecule has 0 unspecified atom stereocenters. The summed E-state index contributed by atoms with van der Waals surface area (Å²) in [5.41, 5.74) is -1.42. The van der Waals surface area contributed by atoms with Crippen molar-refractivity contribution in [1.82, 2.24) is 5.32 Å². The van der Waals surface area contributed by atoms with Crippen LogP contribution < -0.4 is 10.1 Å². The minimum absolute atomic E-state index is 0.0307. The lowest BCUT2D eigenvalue weighted by Gasteiger charge is -2.41. The van der Waals surface area contributed by atoms with Gasteiger partial charge in [-0.1, -0.05) is 18.2 Å². The van der Waals surface area contributed by atoms with E-state index in [0.29, 0.717) is 5.56 Å². The molecule has 24 heavy (non-hydrogen) atoms. The van der Waals surface area contributed by atoms with E-state index in [4.69, 9.17) is 9.84 Å². The smallest absolute Gasteiger partial charge is 0.272 e. The molecule has 0 aromatic heterocycles. The maximum Gasteiger partial charge on any atom is 0.272 e. The average Bonchev–Trinajstić information content (AvgIpc) is 2.53. The summed E-state index contributed by atoms with van der Waals surface area (Å²) in [7, 11) is 0. The Balaban J connectivity index is 2.18. The van der Waals surface area contributed by atoms with E-state index in [1.54, 1.807) is 6.92 Å². The molecule has 1 aromatic carbocycles. The zero-order chi connectivity index (χ0) is 17.5. The fourth-order valence-electron chi connectivity index (χ4n) is 2.99. The summed E-state index contributed by atoms with van der Waals surface area (Å²) >= 11 is 0. The molecular weight excluding hydrogens is 314 g/mol. The van der Waals surface area contributed by atoms with E-state index in [9.17, 15) is 19.8 Å². The lowest BCUT2D eigenvalue weighted by molar-refractivity contribution is -0.140. The number of hydrogen-bond donors (Lipinski definition) is 4. The molecule has 0 saturated heterocycles. The summed E-state index contributed by atoms with van der Waals surface area (Å²) in [6.07, 6.45) is 2.79. The minimum Gasteiger partial charge on any atom is -0.507 e. The zero-order valence-corrected chi connectivity index (χ0v) is 12.9. The van der Waals surface area contributed by atoms with Crippen LogP contribution in [-0.4, -0.2) is 51.9 Å². The van der Waals surface area contributed by atoms with E-state index in [1.165, 1.54) is 30.4 Å². The van der Waals surface area contributed by atoms with Gasteiger partial charge in [-0.25, -0.2) is 0 Å². The number of allylic oxidation sites excluding steroid dienone is 2. The van der Waals surface area contributed by atoms with E-state index >= 15 is 0 Å². The molecule has 7 heteroatoms. The number of nitrogens with one attached hydrogen (secondary N) is 1. The highest BCUT2D eigenvalue weighted by Gasteiger charge is 2.57. The number of amides is 1. The van der Waals surface area contributed by atoms with Gasteiger partial charge in [-0.2, -0.15) is 0 Å². The van der Waals surface area contributed by atoms with Crippen molar-refractivity contribution >= 4 is 11.7 Å². The molecule has 1 aliphatic carbocycles. The van der Waals surface area contributed by atoms with Crippen LogP contribution in [0.4, 0.5) is 0 Å². The van der Waals surface area contributed by atoms with Crippen molar-refractivity contribution in [3.63, 3.8) is 0 Å². The van der Waals surface area contributed by atoms with Crippen LogP contribution in [0.1, 0.15) is 15.9 Å². The van der Waals surface area contributed by atoms with Crippen molar-refractivity contribution in [2.45, 2.75) is 18.6 Å². The first-order valence-electron chi connectivity index (χ1n) is 7.45. The van der Waals surface area contributed by atoms with Gasteiger partial charge >= 0.3 is 0 Å². The van der Waals surface area contributed by atoms with Gasteiger partial charge in [0.25, 0.3) is 5.91 Å². The number of aromatic hydroxyl groups is 1. The second kappa shape index (κ2) is 5.77. The summed E-state index contributed by atoms with van der Waals surface area (Å²) in [5, 5.41) is 31.9. The Morgan fingerprint density at radius 3 is 2.88 bits per heavy atom. The van der Waals surface area contributed by atoms with Gasteiger partial charge in [0, 0.05) is 6.54 Å². The first-order valence-corrected chi connectivity index (χ1v) is 7.45. The minimum atomic E-state index is -1.95. The number of aliphatic hydroxyl groups is 2. The van der Waals surface area contributed by atoms with Crippen LogP contribution in [0.2, 0.25) is 0 Å². The third-order valence-electron chi connectivity index (χ3n) is 4.08.